The number of hydrogen-bond acceptors (Lipinski definition) is 5. The van der Waals surface area contributed by atoms with Crippen molar-refractivity contribution in [2.75, 3.05) is 13.1 Å². The number of nitrogens with one attached hydrogen (secondary N) is 1. The fourth-order valence-corrected chi connectivity index (χ4v) is 3.94. The van der Waals surface area contributed by atoms with Crippen LogP contribution >= 0.6 is 11.8 Å². The van der Waals surface area contributed by atoms with Gasteiger partial charge < -0.3 is 5.32 Å². The molecule has 1 aliphatic heterocycles. The first kappa shape index (κ1) is 17.0. The molecule has 9 heteroatoms. The van der Waals surface area contributed by atoms with Crippen LogP contribution in [0.1, 0.15) is 25.8 Å². The lowest BCUT2D eigenvalue weighted by molar-refractivity contribution is -0.126. The zero-order valence-corrected chi connectivity index (χ0v) is 15.0. The SMILES string of the molecule is C[C@@H](Sc1nnc(-c2ccccc2F)n1C1CC1)C(=O)N1CCNC1=O. The molecule has 0 radical (unpaired) electrons. The van der Waals surface area contributed by atoms with Crippen molar-refractivity contribution in [1.29, 1.82) is 0 Å². The van der Waals surface area contributed by atoms with Gasteiger partial charge in [0.2, 0.25) is 5.91 Å². The summed E-state index contributed by atoms with van der Waals surface area (Å²) in [4.78, 5) is 25.4. The van der Waals surface area contributed by atoms with E-state index in [-0.39, 0.29) is 23.8 Å². The van der Waals surface area contributed by atoms with Gasteiger partial charge in [-0.2, -0.15) is 0 Å². The quantitative estimate of drug-likeness (QED) is 0.812. The van der Waals surface area contributed by atoms with E-state index in [4.69, 9.17) is 0 Å². The molecule has 1 atom stereocenters. The van der Waals surface area contributed by atoms with Crippen molar-refractivity contribution >= 4 is 23.7 Å². The molecule has 2 fully saturated rings. The molecule has 2 aromatic rings. The molecule has 2 heterocycles. The van der Waals surface area contributed by atoms with Crippen molar-refractivity contribution < 1.29 is 14.0 Å². The number of thioether (sulfide) groups is 1. The van der Waals surface area contributed by atoms with E-state index in [0.29, 0.717) is 29.6 Å². The first-order valence-corrected chi connectivity index (χ1v) is 9.40. The Morgan fingerprint density at radius 2 is 2.12 bits per heavy atom. The van der Waals surface area contributed by atoms with Crippen molar-refractivity contribution in [2.45, 2.75) is 36.2 Å². The highest BCUT2D eigenvalue weighted by atomic mass is 32.2. The van der Waals surface area contributed by atoms with Crippen molar-refractivity contribution in [2.24, 2.45) is 0 Å². The van der Waals surface area contributed by atoms with Crippen LogP contribution in [0.25, 0.3) is 11.4 Å². The molecule has 7 nitrogen and oxygen atoms in total. The molecule has 136 valence electrons. The summed E-state index contributed by atoms with van der Waals surface area (Å²) in [6, 6.07) is 6.32. The van der Waals surface area contributed by atoms with Gasteiger partial charge in [-0.3, -0.25) is 14.3 Å². The summed E-state index contributed by atoms with van der Waals surface area (Å²) < 4.78 is 16.1. The summed E-state index contributed by atoms with van der Waals surface area (Å²) in [6.07, 6.45) is 1.95. The summed E-state index contributed by atoms with van der Waals surface area (Å²) in [5.74, 6) is -0.134. The highest BCUT2D eigenvalue weighted by Crippen LogP contribution is 2.42. The van der Waals surface area contributed by atoms with Crippen LogP contribution in [0.5, 0.6) is 0 Å². The number of halogens is 1. The Labute approximate surface area is 154 Å². The summed E-state index contributed by atoms with van der Waals surface area (Å²) in [5, 5.41) is 11.1. The van der Waals surface area contributed by atoms with Crippen LogP contribution in [0.3, 0.4) is 0 Å². The normalized spacial score (nSPS) is 18.1. The second-order valence-electron chi connectivity index (χ2n) is 6.37. The Morgan fingerprint density at radius 1 is 1.35 bits per heavy atom. The maximum atomic E-state index is 14.2. The Balaban J connectivity index is 1.60. The Morgan fingerprint density at radius 3 is 2.77 bits per heavy atom. The molecule has 1 aromatic carbocycles. The third-order valence-electron chi connectivity index (χ3n) is 4.44. The van der Waals surface area contributed by atoms with Gasteiger partial charge in [0.1, 0.15) is 5.82 Å². The number of imide groups is 1. The predicted octanol–water partition coefficient (Wildman–Crippen LogP) is 2.45. The number of benzene rings is 1. The molecule has 1 N–H and O–H groups in total. The number of carbonyl (C=O) groups is 2. The van der Waals surface area contributed by atoms with Crippen LogP contribution in [0.2, 0.25) is 0 Å². The number of carbonyl (C=O) groups excluding carboxylic acids is 2. The highest BCUT2D eigenvalue weighted by molar-refractivity contribution is 8.00. The lowest BCUT2D eigenvalue weighted by Crippen LogP contribution is -2.39. The highest BCUT2D eigenvalue weighted by Gasteiger charge is 2.34. The van der Waals surface area contributed by atoms with Crippen LogP contribution in [0, 0.1) is 5.82 Å². The number of hydrogen-bond donors (Lipinski definition) is 1. The van der Waals surface area contributed by atoms with Crippen molar-refractivity contribution in [3.8, 4) is 11.4 Å². The minimum absolute atomic E-state index is 0.222. The molecule has 1 saturated carbocycles. The third-order valence-corrected chi connectivity index (χ3v) is 5.49. The Hall–Kier alpha value is -2.42. The van der Waals surface area contributed by atoms with E-state index in [1.54, 1.807) is 25.1 Å². The first-order valence-electron chi connectivity index (χ1n) is 8.52. The molecule has 2 aliphatic rings. The summed E-state index contributed by atoms with van der Waals surface area (Å²) in [7, 11) is 0. The molecule has 3 amide bonds. The molecule has 26 heavy (non-hydrogen) atoms. The number of aromatic nitrogens is 3. The van der Waals surface area contributed by atoms with E-state index in [1.807, 2.05) is 4.57 Å². The maximum Gasteiger partial charge on any atom is 0.324 e. The maximum absolute atomic E-state index is 14.2. The Kier molecular flexibility index (Phi) is 4.39. The predicted molar refractivity (Wildman–Crippen MR) is 94.1 cm³/mol. The average molecular weight is 375 g/mol. The van der Waals surface area contributed by atoms with Gasteiger partial charge in [0, 0.05) is 19.1 Å². The van der Waals surface area contributed by atoms with Gasteiger partial charge in [-0.05, 0) is 31.9 Å². The van der Waals surface area contributed by atoms with Crippen LogP contribution in [0.15, 0.2) is 29.4 Å². The van der Waals surface area contributed by atoms with Gasteiger partial charge in [0.05, 0.1) is 10.8 Å². The lowest BCUT2D eigenvalue weighted by Gasteiger charge is -2.17. The van der Waals surface area contributed by atoms with E-state index in [2.05, 4.69) is 15.5 Å². The van der Waals surface area contributed by atoms with Crippen LogP contribution in [0.4, 0.5) is 9.18 Å². The smallest absolute Gasteiger partial charge is 0.324 e. The van der Waals surface area contributed by atoms with Gasteiger partial charge >= 0.3 is 6.03 Å². The number of rotatable bonds is 5. The zero-order chi connectivity index (χ0) is 18.3. The Bertz CT molecular complexity index is 867. The molecule has 1 aromatic heterocycles. The fourth-order valence-electron chi connectivity index (χ4n) is 2.96. The number of urea groups is 1. The second-order valence-corrected chi connectivity index (χ2v) is 7.68. The molecule has 4 rings (SSSR count). The van der Waals surface area contributed by atoms with Crippen molar-refractivity contribution in [1.82, 2.24) is 25.0 Å². The summed E-state index contributed by atoms with van der Waals surface area (Å²) in [6.45, 7) is 2.59. The van der Waals surface area contributed by atoms with Crippen LogP contribution < -0.4 is 5.32 Å². The van der Waals surface area contributed by atoms with Gasteiger partial charge in [-0.15, -0.1) is 10.2 Å². The van der Waals surface area contributed by atoms with Gasteiger partial charge in [0.25, 0.3) is 0 Å². The molecule has 0 unspecified atom stereocenters. The first-order chi connectivity index (χ1) is 12.6. The molecule has 0 bridgehead atoms. The largest absolute Gasteiger partial charge is 0.336 e. The van der Waals surface area contributed by atoms with Crippen LogP contribution in [-0.2, 0) is 4.79 Å². The number of amides is 3. The molecular formula is C17H18FN5O2S. The molecule has 1 aliphatic carbocycles. The van der Waals surface area contributed by atoms with Gasteiger partial charge in [-0.1, -0.05) is 23.9 Å². The van der Waals surface area contributed by atoms with E-state index in [9.17, 15) is 14.0 Å². The minimum Gasteiger partial charge on any atom is -0.336 e. The second kappa shape index (κ2) is 6.71. The monoisotopic (exact) mass is 375 g/mol. The standard InChI is InChI=1S/C17H18FN5O2S/c1-10(15(24)22-9-8-19-16(22)25)26-17-21-20-14(23(17)11-6-7-11)12-4-2-3-5-13(12)18/h2-5,10-11H,6-9H2,1H3,(H,19,25)/t10-/m1/s1. The van der Waals surface area contributed by atoms with Gasteiger partial charge in [-0.25, -0.2) is 9.18 Å². The van der Waals surface area contributed by atoms with Crippen molar-refractivity contribution in [3.63, 3.8) is 0 Å². The lowest BCUT2D eigenvalue weighted by atomic mass is 10.2. The zero-order valence-electron chi connectivity index (χ0n) is 14.2. The molecule has 0 spiro atoms. The third kappa shape index (κ3) is 3.07. The topological polar surface area (TPSA) is 80.1 Å². The fraction of sp³-hybridized carbons (Fsp3) is 0.412. The molecular weight excluding hydrogens is 357 g/mol. The summed E-state index contributed by atoms with van der Waals surface area (Å²) >= 11 is 1.25. The molecule has 1 saturated heterocycles. The minimum atomic E-state index is -0.492. The van der Waals surface area contributed by atoms with E-state index in [0.717, 1.165) is 12.8 Å². The average Bonchev–Trinajstić information content (AvgIpc) is 3.25. The van der Waals surface area contributed by atoms with E-state index >= 15 is 0 Å². The van der Waals surface area contributed by atoms with Gasteiger partial charge in [0.15, 0.2) is 11.0 Å². The van der Waals surface area contributed by atoms with Crippen LogP contribution in [-0.4, -0.2) is 49.9 Å². The van der Waals surface area contributed by atoms with E-state index in [1.165, 1.54) is 22.7 Å². The number of nitrogens with zero attached hydrogens (tertiary/aromatic N) is 4. The summed E-state index contributed by atoms with van der Waals surface area (Å²) in [5.41, 5.74) is 0.400. The van der Waals surface area contributed by atoms with E-state index < -0.39 is 5.25 Å². The van der Waals surface area contributed by atoms with Crippen molar-refractivity contribution in [3.05, 3.63) is 30.1 Å².